The maximum Gasteiger partial charge on any atom is 0.246 e. The smallest absolute Gasteiger partial charge is 0.246 e. The molecule has 0 aromatic heterocycles. The van der Waals surface area contributed by atoms with Crippen molar-refractivity contribution in [2.75, 3.05) is 39.4 Å². The molecule has 1 aromatic carbocycles. The fourth-order valence-electron chi connectivity index (χ4n) is 2.27. The maximum atomic E-state index is 13.5. The van der Waals surface area contributed by atoms with Crippen LogP contribution in [0.5, 0.6) is 0 Å². The Morgan fingerprint density at radius 1 is 1.19 bits per heavy atom. The summed E-state index contributed by atoms with van der Waals surface area (Å²) in [7, 11) is -4.16. The van der Waals surface area contributed by atoms with Crippen LogP contribution in [0.1, 0.15) is 6.42 Å². The number of hydrogen-bond acceptors (Lipinski definition) is 3. The fourth-order valence-corrected chi connectivity index (χ4v) is 3.47. The van der Waals surface area contributed by atoms with Gasteiger partial charge >= 0.3 is 0 Å². The predicted molar refractivity (Wildman–Crippen MR) is 72.5 cm³/mol. The number of morpholine rings is 1. The molecule has 0 atom stereocenters. The van der Waals surface area contributed by atoms with Crippen LogP contribution in [0.4, 0.5) is 8.78 Å². The molecule has 0 unspecified atom stereocenters. The molecule has 1 heterocycles. The summed E-state index contributed by atoms with van der Waals surface area (Å²) < 4.78 is 58.2. The van der Waals surface area contributed by atoms with Crippen LogP contribution in [0, 0.1) is 11.6 Å². The molecule has 0 radical (unpaired) electrons. The summed E-state index contributed by atoms with van der Waals surface area (Å²) in [4.78, 5) is 0.432. The van der Waals surface area contributed by atoms with Gasteiger partial charge in [0.1, 0.15) is 24.7 Å². The molecule has 0 bridgehead atoms. The highest BCUT2D eigenvalue weighted by atomic mass is 32.2. The van der Waals surface area contributed by atoms with Gasteiger partial charge in [-0.25, -0.2) is 21.9 Å². The Hall–Kier alpha value is -1.09. The van der Waals surface area contributed by atoms with Crippen molar-refractivity contribution >= 4 is 10.0 Å². The van der Waals surface area contributed by atoms with Gasteiger partial charge in [-0.1, -0.05) is 6.07 Å². The van der Waals surface area contributed by atoms with Crippen molar-refractivity contribution in [2.45, 2.75) is 11.3 Å². The van der Waals surface area contributed by atoms with Crippen LogP contribution in [0.15, 0.2) is 23.1 Å². The van der Waals surface area contributed by atoms with Crippen molar-refractivity contribution < 1.29 is 26.8 Å². The lowest BCUT2D eigenvalue weighted by atomic mass is 10.3. The van der Waals surface area contributed by atoms with Crippen LogP contribution in [-0.4, -0.2) is 47.8 Å². The molecular formula is C13H19F2N2O3S+. The van der Waals surface area contributed by atoms with E-state index in [1.807, 2.05) is 0 Å². The molecule has 0 amide bonds. The maximum absolute atomic E-state index is 13.5. The molecule has 21 heavy (non-hydrogen) atoms. The van der Waals surface area contributed by atoms with Gasteiger partial charge in [-0.15, -0.1) is 0 Å². The Bertz CT molecular complexity index is 555. The number of quaternary nitrogens is 1. The summed E-state index contributed by atoms with van der Waals surface area (Å²) in [5, 5.41) is 0. The molecule has 0 spiro atoms. The second-order valence-electron chi connectivity index (χ2n) is 4.91. The van der Waals surface area contributed by atoms with Crippen molar-refractivity contribution in [2.24, 2.45) is 0 Å². The highest BCUT2D eigenvalue weighted by Crippen LogP contribution is 2.17. The van der Waals surface area contributed by atoms with Crippen LogP contribution < -0.4 is 9.62 Å². The van der Waals surface area contributed by atoms with E-state index in [0.29, 0.717) is 19.6 Å². The summed E-state index contributed by atoms with van der Waals surface area (Å²) in [5.74, 6) is -2.16. The van der Waals surface area contributed by atoms with Crippen LogP contribution in [0.3, 0.4) is 0 Å². The lowest BCUT2D eigenvalue weighted by Gasteiger charge is -2.23. The summed E-state index contributed by atoms with van der Waals surface area (Å²) >= 11 is 0. The van der Waals surface area contributed by atoms with E-state index in [0.717, 1.165) is 37.8 Å². The SMILES string of the molecule is O=S(=O)(NCCC[NH+]1CCOCC1)c1c(F)cccc1F. The molecular weight excluding hydrogens is 302 g/mol. The summed E-state index contributed by atoms with van der Waals surface area (Å²) in [6.07, 6.45) is 0.602. The number of nitrogens with one attached hydrogen (secondary N) is 2. The van der Waals surface area contributed by atoms with E-state index in [-0.39, 0.29) is 6.54 Å². The number of halogens is 2. The van der Waals surface area contributed by atoms with Crippen molar-refractivity contribution in [3.05, 3.63) is 29.8 Å². The predicted octanol–water partition coefficient (Wildman–Crippen LogP) is -0.452. The highest BCUT2D eigenvalue weighted by Gasteiger charge is 2.23. The molecule has 1 aliphatic rings. The van der Waals surface area contributed by atoms with Crippen molar-refractivity contribution in [1.29, 1.82) is 0 Å². The highest BCUT2D eigenvalue weighted by molar-refractivity contribution is 7.89. The number of sulfonamides is 1. The molecule has 8 heteroatoms. The Morgan fingerprint density at radius 3 is 2.43 bits per heavy atom. The Morgan fingerprint density at radius 2 is 1.81 bits per heavy atom. The second kappa shape index (κ2) is 7.26. The number of hydrogen-bond donors (Lipinski definition) is 2. The standard InChI is InChI=1S/C13H18F2N2O3S/c14-11-3-1-4-12(15)13(11)21(18,19)16-5-2-6-17-7-9-20-10-8-17/h1,3-4,16H,2,5-10H2/p+1. The van der Waals surface area contributed by atoms with Crippen molar-refractivity contribution in [3.63, 3.8) is 0 Å². The number of rotatable bonds is 6. The van der Waals surface area contributed by atoms with Gasteiger partial charge in [0, 0.05) is 13.0 Å². The number of ether oxygens (including phenoxy) is 1. The molecule has 2 N–H and O–H groups in total. The van der Waals surface area contributed by atoms with Gasteiger partial charge in [-0.3, -0.25) is 0 Å². The average Bonchev–Trinajstić information content (AvgIpc) is 2.44. The van der Waals surface area contributed by atoms with E-state index in [1.54, 1.807) is 0 Å². The van der Waals surface area contributed by atoms with Crippen LogP contribution in [-0.2, 0) is 14.8 Å². The largest absolute Gasteiger partial charge is 0.370 e. The Balaban J connectivity index is 1.86. The zero-order chi connectivity index (χ0) is 15.3. The third-order valence-electron chi connectivity index (χ3n) is 3.39. The van der Waals surface area contributed by atoms with Gasteiger partial charge in [0.25, 0.3) is 0 Å². The second-order valence-corrected chi connectivity index (χ2v) is 6.62. The van der Waals surface area contributed by atoms with E-state index in [4.69, 9.17) is 4.74 Å². The topological polar surface area (TPSA) is 59.8 Å². The van der Waals surface area contributed by atoms with E-state index in [2.05, 4.69) is 4.72 Å². The minimum Gasteiger partial charge on any atom is -0.370 e. The first-order valence-corrected chi connectivity index (χ1v) is 8.34. The quantitative estimate of drug-likeness (QED) is 0.698. The summed E-state index contributed by atoms with van der Waals surface area (Å²) in [6.45, 7) is 4.17. The first kappa shape index (κ1) is 16.3. The zero-order valence-corrected chi connectivity index (χ0v) is 12.4. The lowest BCUT2D eigenvalue weighted by molar-refractivity contribution is -0.908. The fraction of sp³-hybridized carbons (Fsp3) is 0.538. The van der Waals surface area contributed by atoms with E-state index in [1.165, 1.54) is 4.90 Å². The average molecular weight is 321 g/mol. The normalized spacial score (nSPS) is 17.0. The van der Waals surface area contributed by atoms with Crippen LogP contribution in [0.2, 0.25) is 0 Å². The summed E-state index contributed by atoms with van der Waals surface area (Å²) in [5.41, 5.74) is 0. The zero-order valence-electron chi connectivity index (χ0n) is 11.6. The monoisotopic (exact) mass is 321 g/mol. The van der Waals surface area contributed by atoms with E-state index >= 15 is 0 Å². The molecule has 118 valence electrons. The molecule has 0 saturated carbocycles. The van der Waals surface area contributed by atoms with Crippen LogP contribution >= 0.6 is 0 Å². The Kier molecular flexibility index (Phi) is 5.63. The Labute approximate surface area is 122 Å². The van der Waals surface area contributed by atoms with Gasteiger partial charge in [-0.05, 0) is 12.1 Å². The van der Waals surface area contributed by atoms with Gasteiger partial charge < -0.3 is 9.64 Å². The number of benzene rings is 1. The minimum absolute atomic E-state index is 0.153. The molecule has 5 nitrogen and oxygen atoms in total. The third kappa shape index (κ3) is 4.44. The lowest BCUT2D eigenvalue weighted by Crippen LogP contribution is -3.14. The van der Waals surface area contributed by atoms with Gasteiger partial charge in [-0.2, -0.15) is 0 Å². The van der Waals surface area contributed by atoms with Crippen LogP contribution in [0.25, 0.3) is 0 Å². The minimum atomic E-state index is -4.16. The van der Waals surface area contributed by atoms with Gasteiger partial charge in [0.2, 0.25) is 10.0 Å². The molecule has 2 rings (SSSR count). The van der Waals surface area contributed by atoms with Gasteiger partial charge in [0.15, 0.2) is 4.90 Å². The molecule has 1 aliphatic heterocycles. The van der Waals surface area contributed by atoms with Crippen molar-refractivity contribution in [3.8, 4) is 0 Å². The molecule has 0 aliphatic carbocycles. The first-order chi connectivity index (χ1) is 10.0. The molecule has 1 fully saturated rings. The van der Waals surface area contributed by atoms with Crippen molar-refractivity contribution in [1.82, 2.24) is 4.72 Å². The van der Waals surface area contributed by atoms with Gasteiger partial charge in [0.05, 0.1) is 19.8 Å². The van der Waals surface area contributed by atoms with E-state index in [9.17, 15) is 17.2 Å². The molecule has 1 saturated heterocycles. The van der Waals surface area contributed by atoms with E-state index < -0.39 is 26.6 Å². The first-order valence-electron chi connectivity index (χ1n) is 6.86. The summed E-state index contributed by atoms with van der Waals surface area (Å²) in [6, 6.07) is 2.98. The third-order valence-corrected chi connectivity index (χ3v) is 4.90. The molecule has 1 aromatic rings.